The summed E-state index contributed by atoms with van der Waals surface area (Å²) < 4.78 is 13.9. The van der Waals surface area contributed by atoms with Crippen molar-refractivity contribution in [3.63, 3.8) is 0 Å². The highest BCUT2D eigenvalue weighted by molar-refractivity contribution is 6.52. The summed E-state index contributed by atoms with van der Waals surface area (Å²) in [5.74, 6) is -2.16. The van der Waals surface area contributed by atoms with Crippen LogP contribution in [0, 0.1) is 5.82 Å². The van der Waals surface area contributed by atoms with Gasteiger partial charge in [0, 0.05) is 11.8 Å². The third-order valence-electron chi connectivity index (χ3n) is 3.17. The van der Waals surface area contributed by atoms with Crippen molar-refractivity contribution < 1.29 is 14.0 Å². The molecule has 0 fully saturated rings. The van der Waals surface area contributed by atoms with Gasteiger partial charge in [-0.3, -0.25) is 14.5 Å². The molecule has 0 saturated heterocycles. The van der Waals surface area contributed by atoms with Gasteiger partial charge < -0.3 is 0 Å². The Morgan fingerprint density at radius 3 is 2.71 bits per heavy atom. The number of halogens is 3. The van der Waals surface area contributed by atoms with Gasteiger partial charge in [0.2, 0.25) is 0 Å². The maximum Gasteiger partial charge on any atom is 0.299 e. The van der Waals surface area contributed by atoms with E-state index in [0.717, 1.165) is 4.90 Å². The van der Waals surface area contributed by atoms with E-state index in [1.54, 1.807) is 0 Å². The fraction of sp³-hybridized carbons (Fsp3) is 0.0714. The zero-order valence-corrected chi connectivity index (χ0v) is 12.0. The average Bonchev–Trinajstić information content (AvgIpc) is 2.68. The highest BCUT2D eigenvalue weighted by Crippen LogP contribution is 2.33. The van der Waals surface area contributed by atoms with Gasteiger partial charge in [-0.1, -0.05) is 29.3 Å². The number of carbonyl (C=O) groups excluding carboxylic acids is 2. The number of anilines is 1. The number of nitrogens with zero attached hydrogens (tertiary/aromatic N) is 2. The maximum atomic E-state index is 13.9. The Labute approximate surface area is 129 Å². The molecule has 0 spiro atoms. The molecule has 0 radical (unpaired) electrons. The molecule has 2 heterocycles. The van der Waals surface area contributed by atoms with Crippen LogP contribution in [0.5, 0.6) is 0 Å². The van der Waals surface area contributed by atoms with Crippen LogP contribution in [-0.2, 0) is 11.3 Å². The maximum absolute atomic E-state index is 13.9. The number of amides is 1. The third-order valence-corrected chi connectivity index (χ3v) is 3.72. The Bertz CT molecular complexity index is 780. The van der Waals surface area contributed by atoms with Gasteiger partial charge in [0.25, 0.3) is 11.7 Å². The number of ketones is 1. The first-order valence-electron chi connectivity index (χ1n) is 5.93. The molecule has 0 saturated carbocycles. The van der Waals surface area contributed by atoms with E-state index in [9.17, 15) is 14.0 Å². The number of rotatable bonds is 2. The van der Waals surface area contributed by atoms with Crippen LogP contribution in [0.3, 0.4) is 0 Å². The molecule has 21 heavy (non-hydrogen) atoms. The van der Waals surface area contributed by atoms with Gasteiger partial charge in [-0.05, 0) is 18.2 Å². The number of carbonyl (C=O) groups is 2. The quantitative estimate of drug-likeness (QED) is 0.629. The van der Waals surface area contributed by atoms with Crippen LogP contribution >= 0.6 is 23.2 Å². The van der Waals surface area contributed by atoms with Crippen LogP contribution in [0.25, 0.3) is 0 Å². The molecule has 2 aromatic rings. The SMILES string of the molecule is O=C1C(=O)N(Cc2cnc(Cl)cc2Cl)c2c(F)cccc21. The number of hydrogen-bond donors (Lipinski definition) is 0. The van der Waals surface area contributed by atoms with Crippen LogP contribution < -0.4 is 4.90 Å². The van der Waals surface area contributed by atoms with Crippen molar-refractivity contribution in [1.82, 2.24) is 4.98 Å². The van der Waals surface area contributed by atoms with Crippen LogP contribution in [0.1, 0.15) is 15.9 Å². The van der Waals surface area contributed by atoms with Crippen molar-refractivity contribution >= 4 is 40.6 Å². The number of para-hydroxylation sites is 1. The molecule has 0 atom stereocenters. The van der Waals surface area contributed by atoms with Crippen molar-refractivity contribution in [3.05, 3.63) is 57.6 Å². The Morgan fingerprint density at radius 2 is 2.00 bits per heavy atom. The molecule has 1 aliphatic rings. The summed E-state index contributed by atoms with van der Waals surface area (Å²) in [5, 5.41) is 0.499. The molecule has 1 amide bonds. The van der Waals surface area contributed by atoms with Crippen LogP contribution in [0.15, 0.2) is 30.5 Å². The van der Waals surface area contributed by atoms with Gasteiger partial charge in [0.15, 0.2) is 0 Å². The minimum absolute atomic E-state index is 0.0292. The van der Waals surface area contributed by atoms with E-state index in [1.165, 1.54) is 30.5 Å². The normalized spacial score (nSPS) is 13.8. The predicted octanol–water partition coefficient (Wildman–Crippen LogP) is 3.26. The summed E-state index contributed by atoms with van der Waals surface area (Å²) in [6.45, 7) is -0.0541. The molecule has 0 bridgehead atoms. The van der Waals surface area contributed by atoms with E-state index < -0.39 is 17.5 Å². The first kappa shape index (κ1) is 14.0. The number of Topliss-reactive ketones (excluding diaryl/α,β-unsaturated/α-hetero) is 1. The molecule has 0 aliphatic carbocycles. The van der Waals surface area contributed by atoms with Gasteiger partial charge in [0.1, 0.15) is 11.0 Å². The Hall–Kier alpha value is -1.98. The molecule has 1 aromatic carbocycles. The molecule has 4 nitrogen and oxygen atoms in total. The second kappa shape index (κ2) is 5.09. The van der Waals surface area contributed by atoms with E-state index in [2.05, 4.69) is 4.98 Å². The van der Waals surface area contributed by atoms with Crippen LogP contribution in [-0.4, -0.2) is 16.7 Å². The fourth-order valence-corrected chi connectivity index (χ4v) is 2.61. The molecule has 1 aliphatic heterocycles. The second-order valence-electron chi connectivity index (χ2n) is 4.45. The van der Waals surface area contributed by atoms with Crippen molar-refractivity contribution in [2.75, 3.05) is 4.90 Å². The van der Waals surface area contributed by atoms with E-state index in [4.69, 9.17) is 23.2 Å². The highest BCUT2D eigenvalue weighted by atomic mass is 35.5. The molecule has 7 heteroatoms. The standard InChI is InChI=1S/C14H7Cl2FN2O2/c15-9-4-11(16)18-5-7(9)6-19-12-8(13(20)14(19)21)2-1-3-10(12)17/h1-5H,6H2. The summed E-state index contributed by atoms with van der Waals surface area (Å²) in [7, 11) is 0. The first-order chi connectivity index (χ1) is 9.99. The van der Waals surface area contributed by atoms with E-state index in [-0.39, 0.29) is 22.9 Å². The first-order valence-corrected chi connectivity index (χ1v) is 6.69. The fourth-order valence-electron chi connectivity index (χ4n) is 2.19. The summed E-state index contributed by atoms with van der Waals surface area (Å²) in [4.78, 5) is 28.8. The molecule has 0 N–H and O–H groups in total. The van der Waals surface area contributed by atoms with Gasteiger partial charge >= 0.3 is 0 Å². The Balaban J connectivity index is 2.04. The number of pyridine rings is 1. The lowest BCUT2D eigenvalue weighted by Crippen LogP contribution is -2.29. The number of hydrogen-bond acceptors (Lipinski definition) is 3. The molecule has 3 rings (SSSR count). The number of benzene rings is 1. The van der Waals surface area contributed by atoms with Gasteiger partial charge in [-0.25, -0.2) is 9.37 Å². The lowest BCUT2D eigenvalue weighted by molar-refractivity contribution is -0.114. The minimum Gasteiger partial charge on any atom is -0.297 e. The topological polar surface area (TPSA) is 50.3 Å². The van der Waals surface area contributed by atoms with E-state index in [0.29, 0.717) is 10.6 Å². The predicted molar refractivity (Wildman–Crippen MR) is 76.2 cm³/mol. The average molecular weight is 325 g/mol. The number of aromatic nitrogens is 1. The lowest BCUT2D eigenvalue weighted by atomic mass is 10.1. The summed E-state index contributed by atoms with van der Waals surface area (Å²) in [6.07, 6.45) is 1.39. The summed E-state index contributed by atoms with van der Waals surface area (Å²) >= 11 is 11.7. The molecule has 0 unspecified atom stereocenters. The molecule has 1 aromatic heterocycles. The van der Waals surface area contributed by atoms with Crippen LogP contribution in [0.2, 0.25) is 10.2 Å². The zero-order valence-electron chi connectivity index (χ0n) is 10.4. The van der Waals surface area contributed by atoms with Crippen LogP contribution in [0.4, 0.5) is 10.1 Å². The lowest BCUT2D eigenvalue weighted by Gasteiger charge is -2.17. The van der Waals surface area contributed by atoms with Gasteiger partial charge in [0.05, 0.1) is 22.8 Å². The molecule has 106 valence electrons. The third kappa shape index (κ3) is 2.28. The van der Waals surface area contributed by atoms with Gasteiger partial charge in [-0.2, -0.15) is 0 Å². The zero-order chi connectivity index (χ0) is 15.1. The van der Waals surface area contributed by atoms with Crippen molar-refractivity contribution in [1.29, 1.82) is 0 Å². The smallest absolute Gasteiger partial charge is 0.297 e. The van der Waals surface area contributed by atoms with Crippen molar-refractivity contribution in [2.45, 2.75) is 6.54 Å². The Morgan fingerprint density at radius 1 is 1.24 bits per heavy atom. The summed E-state index contributed by atoms with van der Waals surface area (Å²) in [5.41, 5.74) is 0.495. The largest absolute Gasteiger partial charge is 0.299 e. The van der Waals surface area contributed by atoms with Crippen molar-refractivity contribution in [2.24, 2.45) is 0 Å². The van der Waals surface area contributed by atoms with Crippen molar-refractivity contribution in [3.8, 4) is 0 Å². The monoisotopic (exact) mass is 324 g/mol. The van der Waals surface area contributed by atoms with Gasteiger partial charge in [-0.15, -0.1) is 0 Å². The summed E-state index contributed by atoms with van der Waals surface area (Å²) in [6, 6.07) is 5.42. The Kier molecular flexibility index (Phi) is 3.39. The van der Waals surface area contributed by atoms with E-state index >= 15 is 0 Å². The highest BCUT2D eigenvalue weighted by Gasteiger charge is 2.38. The molecular formula is C14H7Cl2FN2O2. The van der Waals surface area contributed by atoms with E-state index in [1.807, 2.05) is 0 Å². The molecular weight excluding hydrogens is 318 g/mol. The number of fused-ring (bicyclic) bond motifs is 1. The second-order valence-corrected chi connectivity index (χ2v) is 5.25. The minimum atomic E-state index is -0.791.